The van der Waals surface area contributed by atoms with E-state index in [-0.39, 0.29) is 10.6 Å². The van der Waals surface area contributed by atoms with E-state index in [1.807, 2.05) is 6.92 Å². The van der Waals surface area contributed by atoms with Crippen molar-refractivity contribution in [3.63, 3.8) is 0 Å². The molecule has 21 heavy (non-hydrogen) atoms. The maximum atomic E-state index is 13.5. The molecule has 1 heterocycles. The minimum atomic E-state index is -3.85. The van der Waals surface area contributed by atoms with Gasteiger partial charge in [0, 0.05) is 18.8 Å². The molecule has 0 saturated carbocycles. The number of aromatic nitrogens is 1. The molecule has 0 saturated heterocycles. The number of pyridine rings is 1. The summed E-state index contributed by atoms with van der Waals surface area (Å²) in [6.07, 6.45) is 2.29. The van der Waals surface area contributed by atoms with Crippen molar-refractivity contribution in [2.45, 2.75) is 18.2 Å². The Hall–Kier alpha value is -2.15. The van der Waals surface area contributed by atoms with Crippen LogP contribution in [0.3, 0.4) is 0 Å². The summed E-state index contributed by atoms with van der Waals surface area (Å²) in [7, 11) is -3.85. The summed E-state index contributed by atoms with van der Waals surface area (Å²) in [5, 5.41) is 3.00. The van der Waals surface area contributed by atoms with E-state index in [0.717, 1.165) is 6.42 Å². The lowest BCUT2D eigenvalue weighted by molar-refractivity contribution is 0.598. The summed E-state index contributed by atoms with van der Waals surface area (Å²) in [6.45, 7) is 2.69. The molecule has 0 atom stereocenters. The number of rotatable bonds is 6. The fourth-order valence-electron chi connectivity index (χ4n) is 1.68. The van der Waals surface area contributed by atoms with Crippen LogP contribution in [0.15, 0.2) is 47.5 Å². The Balaban J connectivity index is 2.25. The first kappa shape index (κ1) is 15.2. The van der Waals surface area contributed by atoms with Crippen LogP contribution in [0, 0.1) is 5.82 Å². The van der Waals surface area contributed by atoms with Gasteiger partial charge in [-0.25, -0.2) is 17.8 Å². The number of sulfonamides is 1. The van der Waals surface area contributed by atoms with E-state index in [1.54, 1.807) is 6.07 Å². The average Bonchev–Trinajstić information content (AvgIpc) is 2.48. The second kappa shape index (κ2) is 6.53. The molecule has 0 aliphatic heterocycles. The van der Waals surface area contributed by atoms with E-state index >= 15 is 0 Å². The Bertz CT molecular complexity index is 720. The van der Waals surface area contributed by atoms with Crippen molar-refractivity contribution in [2.24, 2.45) is 0 Å². The summed E-state index contributed by atoms with van der Waals surface area (Å²) >= 11 is 0. The molecule has 1 aromatic carbocycles. The van der Waals surface area contributed by atoms with E-state index in [4.69, 9.17) is 0 Å². The predicted octanol–water partition coefficient (Wildman–Crippen LogP) is 2.84. The van der Waals surface area contributed by atoms with Gasteiger partial charge in [0.25, 0.3) is 10.0 Å². The van der Waals surface area contributed by atoms with Crippen molar-refractivity contribution in [3.8, 4) is 0 Å². The Morgan fingerprint density at radius 2 is 2.00 bits per heavy atom. The highest BCUT2D eigenvalue weighted by molar-refractivity contribution is 7.92. The van der Waals surface area contributed by atoms with Crippen LogP contribution in [0.25, 0.3) is 0 Å². The van der Waals surface area contributed by atoms with Crippen molar-refractivity contribution in [1.29, 1.82) is 0 Å². The summed E-state index contributed by atoms with van der Waals surface area (Å²) in [5.74, 6) is -0.160. The monoisotopic (exact) mass is 309 g/mol. The molecular formula is C14H16FN3O2S. The molecule has 2 rings (SSSR count). The number of para-hydroxylation sites is 1. The van der Waals surface area contributed by atoms with Crippen molar-refractivity contribution in [3.05, 3.63) is 48.4 Å². The van der Waals surface area contributed by atoms with Gasteiger partial charge >= 0.3 is 0 Å². The highest BCUT2D eigenvalue weighted by atomic mass is 32.2. The van der Waals surface area contributed by atoms with Gasteiger partial charge in [0.15, 0.2) is 0 Å². The third-order valence-corrected chi connectivity index (χ3v) is 4.08. The van der Waals surface area contributed by atoms with Gasteiger partial charge in [-0.2, -0.15) is 0 Å². The first-order valence-electron chi connectivity index (χ1n) is 6.50. The Morgan fingerprint density at radius 1 is 1.24 bits per heavy atom. The second-order valence-corrected chi connectivity index (χ2v) is 6.07. The maximum absolute atomic E-state index is 13.5. The lowest BCUT2D eigenvalue weighted by Gasteiger charge is -2.10. The van der Waals surface area contributed by atoms with Gasteiger partial charge < -0.3 is 5.32 Å². The van der Waals surface area contributed by atoms with Gasteiger partial charge in [0.2, 0.25) is 0 Å². The van der Waals surface area contributed by atoms with Crippen molar-refractivity contribution >= 4 is 21.5 Å². The molecule has 0 aliphatic rings. The molecule has 0 unspecified atom stereocenters. The Morgan fingerprint density at radius 3 is 2.71 bits per heavy atom. The van der Waals surface area contributed by atoms with Crippen LogP contribution < -0.4 is 10.0 Å². The third-order valence-electron chi connectivity index (χ3n) is 2.72. The summed E-state index contributed by atoms with van der Waals surface area (Å²) in [6, 6.07) is 8.39. The molecule has 0 bridgehead atoms. The summed E-state index contributed by atoms with van der Waals surface area (Å²) in [5.41, 5.74) is -0.0858. The number of hydrogen-bond donors (Lipinski definition) is 2. The normalized spacial score (nSPS) is 11.1. The topological polar surface area (TPSA) is 71.1 Å². The van der Waals surface area contributed by atoms with Crippen molar-refractivity contribution < 1.29 is 12.8 Å². The first-order chi connectivity index (χ1) is 10.0. The number of nitrogens with zero attached hydrogens (tertiary/aromatic N) is 1. The lowest BCUT2D eigenvalue weighted by Crippen LogP contribution is -2.14. The van der Waals surface area contributed by atoms with Crippen LogP contribution in [-0.4, -0.2) is 19.9 Å². The molecule has 5 nitrogen and oxygen atoms in total. The molecular weight excluding hydrogens is 293 g/mol. The van der Waals surface area contributed by atoms with Gasteiger partial charge in [-0.05, 0) is 24.6 Å². The van der Waals surface area contributed by atoms with E-state index in [2.05, 4.69) is 15.0 Å². The number of nitrogens with one attached hydrogen (secondary N) is 2. The smallest absolute Gasteiger partial charge is 0.262 e. The highest BCUT2D eigenvalue weighted by Crippen LogP contribution is 2.19. The Labute approximate surface area is 123 Å². The minimum Gasteiger partial charge on any atom is -0.370 e. The molecule has 0 amide bonds. The van der Waals surface area contributed by atoms with Gasteiger partial charge in [0.1, 0.15) is 11.6 Å². The van der Waals surface area contributed by atoms with Crippen molar-refractivity contribution in [1.82, 2.24) is 4.98 Å². The molecule has 1 aromatic heterocycles. The van der Waals surface area contributed by atoms with E-state index in [0.29, 0.717) is 12.4 Å². The van der Waals surface area contributed by atoms with Gasteiger partial charge in [0.05, 0.1) is 10.6 Å². The summed E-state index contributed by atoms with van der Waals surface area (Å²) in [4.78, 5) is 4.06. The zero-order valence-electron chi connectivity index (χ0n) is 11.5. The van der Waals surface area contributed by atoms with Gasteiger partial charge in [-0.1, -0.05) is 19.1 Å². The predicted molar refractivity (Wildman–Crippen MR) is 80.2 cm³/mol. The minimum absolute atomic E-state index is 0.0272. The fraction of sp³-hybridized carbons (Fsp3) is 0.214. The van der Waals surface area contributed by atoms with Crippen LogP contribution in [0.2, 0.25) is 0 Å². The first-order valence-corrected chi connectivity index (χ1v) is 7.98. The molecule has 0 radical (unpaired) electrons. The van der Waals surface area contributed by atoms with Crippen LogP contribution in [0.4, 0.5) is 15.9 Å². The van der Waals surface area contributed by atoms with Crippen LogP contribution in [-0.2, 0) is 10.0 Å². The molecule has 0 aliphatic carbocycles. The lowest BCUT2D eigenvalue weighted by atomic mass is 10.3. The van der Waals surface area contributed by atoms with E-state index < -0.39 is 15.8 Å². The number of anilines is 2. The highest BCUT2D eigenvalue weighted by Gasteiger charge is 2.16. The fourth-order valence-corrected chi connectivity index (χ4v) is 2.76. The molecule has 2 N–H and O–H groups in total. The van der Waals surface area contributed by atoms with Gasteiger partial charge in [-0.15, -0.1) is 0 Å². The Kier molecular flexibility index (Phi) is 4.74. The van der Waals surface area contributed by atoms with Crippen molar-refractivity contribution in [2.75, 3.05) is 16.6 Å². The summed E-state index contributed by atoms with van der Waals surface area (Å²) < 4.78 is 40.3. The second-order valence-electron chi connectivity index (χ2n) is 4.39. The van der Waals surface area contributed by atoms with Crippen LogP contribution >= 0.6 is 0 Å². The van der Waals surface area contributed by atoms with E-state index in [9.17, 15) is 12.8 Å². The molecule has 112 valence electrons. The number of halogens is 1. The third kappa shape index (κ3) is 3.91. The zero-order valence-corrected chi connectivity index (χ0v) is 12.3. The number of hydrogen-bond acceptors (Lipinski definition) is 4. The average molecular weight is 309 g/mol. The largest absolute Gasteiger partial charge is 0.370 e. The number of benzene rings is 1. The molecule has 0 spiro atoms. The van der Waals surface area contributed by atoms with Gasteiger partial charge in [-0.3, -0.25) is 4.72 Å². The van der Waals surface area contributed by atoms with E-state index in [1.165, 1.54) is 36.5 Å². The zero-order chi connectivity index (χ0) is 15.3. The standard InChI is InChI=1S/C14H16FN3O2S/c1-2-8-16-14-10-11(7-9-17-14)21(19,20)18-13-6-4-3-5-12(13)15/h3-7,9-10,18H,2,8H2,1H3,(H,16,17). The molecule has 2 aromatic rings. The SMILES string of the molecule is CCCNc1cc(S(=O)(=O)Nc2ccccc2F)ccn1. The molecule has 0 fully saturated rings. The quantitative estimate of drug-likeness (QED) is 0.861. The maximum Gasteiger partial charge on any atom is 0.262 e. The van der Waals surface area contributed by atoms with Crippen LogP contribution in [0.5, 0.6) is 0 Å². The molecule has 7 heteroatoms. The van der Waals surface area contributed by atoms with Crippen LogP contribution in [0.1, 0.15) is 13.3 Å².